The molecule has 3 unspecified atom stereocenters. The molecule has 3 atom stereocenters. The molecule has 1 saturated carbocycles. The number of rotatable bonds is 8. The van der Waals surface area contributed by atoms with Gasteiger partial charge in [0.1, 0.15) is 0 Å². The number of amides is 1. The summed E-state index contributed by atoms with van der Waals surface area (Å²) in [4.78, 5) is 39.0. The van der Waals surface area contributed by atoms with Gasteiger partial charge in [-0.15, -0.1) is 0 Å². The maximum atomic E-state index is 13.0. The van der Waals surface area contributed by atoms with Gasteiger partial charge in [0.15, 0.2) is 5.78 Å². The van der Waals surface area contributed by atoms with Gasteiger partial charge in [-0.25, -0.2) is 0 Å². The average molecular weight is 373 g/mol. The predicted octanol–water partition coefficient (Wildman–Crippen LogP) is 3.87. The SMILES string of the molecule is COC(=O)C(C)CN(C(=O)CCC(=O)c1ccccc1)C1CCCCC1C. The van der Waals surface area contributed by atoms with Crippen LogP contribution in [0.1, 0.15) is 62.7 Å². The van der Waals surface area contributed by atoms with Crippen LogP contribution in [0.15, 0.2) is 30.3 Å². The minimum absolute atomic E-state index is 0.0263. The van der Waals surface area contributed by atoms with Crippen molar-refractivity contribution < 1.29 is 19.1 Å². The lowest BCUT2D eigenvalue weighted by molar-refractivity contribution is -0.147. The van der Waals surface area contributed by atoms with Crippen LogP contribution < -0.4 is 0 Å². The van der Waals surface area contributed by atoms with Crippen molar-refractivity contribution in [1.29, 1.82) is 0 Å². The summed E-state index contributed by atoms with van der Waals surface area (Å²) in [5.74, 6) is -0.359. The van der Waals surface area contributed by atoms with Gasteiger partial charge < -0.3 is 9.64 Å². The summed E-state index contributed by atoms with van der Waals surface area (Å²) in [5.41, 5.74) is 0.630. The Labute approximate surface area is 162 Å². The molecule has 1 aromatic rings. The summed E-state index contributed by atoms with van der Waals surface area (Å²) < 4.78 is 4.83. The van der Waals surface area contributed by atoms with Gasteiger partial charge in [-0.2, -0.15) is 0 Å². The molecule has 1 fully saturated rings. The first kappa shape index (κ1) is 21.1. The molecule has 2 rings (SSSR count). The Hall–Kier alpha value is -2.17. The summed E-state index contributed by atoms with van der Waals surface area (Å²) in [7, 11) is 1.37. The van der Waals surface area contributed by atoms with Gasteiger partial charge in [0.05, 0.1) is 13.0 Å². The number of carbonyl (C=O) groups excluding carboxylic acids is 3. The Morgan fingerprint density at radius 3 is 2.41 bits per heavy atom. The molecular formula is C22H31NO4. The molecule has 5 nitrogen and oxygen atoms in total. The predicted molar refractivity (Wildman–Crippen MR) is 104 cm³/mol. The number of benzene rings is 1. The van der Waals surface area contributed by atoms with Crippen LogP contribution in [-0.4, -0.2) is 42.3 Å². The van der Waals surface area contributed by atoms with Crippen molar-refractivity contribution >= 4 is 17.7 Å². The van der Waals surface area contributed by atoms with Gasteiger partial charge in [-0.05, 0) is 18.8 Å². The fraction of sp³-hybridized carbons (Fsp3) is 0.591. The molecule has 27 heavy (non-hydrogen) atoms. The number of Topliss-reactive ketones (excluding diaryl/α,β-unsaturated/α-hetero) is 1. The lowest BCUT2D eigenvalue weighted by Crippen LogP contribution is -2.48. The highest BCUT2D eigenvalue weighted by Gasteiger charge is 2.32. The largest absolute Gasteiger partial charge is 0.469 e. The second kappa shape index (κ2) is 10.2. The number of carbonyl (C=O) groups is 3. The van der Waals surface area contributed by atoms with Gasteiger partial charge in [0.2, 0.25) is 5.91 Å². The van der Waals surface area contributed by atoms with E-state index in [0.29, 0.717) is 18.0 Å². The average Bonchev–Trinajstić information content (AvgIpc) is 2.70. The van der Waals surface area contributed by atoms with Crippen molar-refractivity contribution in [2.45, 2.75) is 58.4 Å². The molecule has 1 aromatic carbocycles. The van der Waals surface area contributed by atoms with Crippen molar-refractivity contribution in [3.63, 3.8) is 0 Å². The third-order valence-corrected chi connectivity index (χ3v) is 5.52. The smallest absolute Gasteiger partial charge is 0.310 e. The zero-order valence-corrected chi connectivity index (χ0v) is 16.6. The zero-order valence-electron chi connectivity index (χ0n) is 16.6. The summed E-state index contributed by atoms with van der Waals surface area (Å²) in [6.45, 7) is 4.30. The Bertz CT molecular complexity index is 643. The maximum absolute atomic E-state index is 13.0. The van der Waals surface area contributed by atoms with Gasteiger partial charge in [0, 0.05) is 31.0 Å². The van der Waals surface area contributed by atoms with Crippen LogP contribution >= 0.6 is 0 Å². The second-order valence-corrected chi connectivity index (χ2v) is 7.59. The van der Waals surface area contributed by atoms with E-state index in [4.69, 9.17) is 4.74 Å². The van der Waals surface area contributed by atoms with E-state index in [1.165, 1.54) is 13.5 Å². The van der Waals surface area contributed by atoms with Crippen LogP contribution in [0.25, 0.3) is 0 Å². The first-order valence-electron chi connectivity index (χ1n) is 9.89. The van der Waals surface area contributed by atoms with Gasteiger partial charge >= 0.3 is 5.97 Å². The Balaban J connectivity index is 2.05. The van der Waals surface area contributed by atoms with Crippen LogP contribution in [0.5, 0.6) is 0 Å². The van der Waals surface area contributed by atoms with Gasteiger partial charge in [-0.3, -0.25) is 14.4 Å². The molecule has 0 radical (unpaired) electrons. The number of nitrogens with zero attached hydrogens (tertiary/aromatic N) is 1. The molecule has 0 spiro atoms. The van der Waals surface area contributed by atoms with Crippen LogP contribution in [0.4, 0.5) is 0 Å². The van der Waals surface area contributed by atoms with E-state index in [9.17, 15) is 14.4 Å². The normalized spacial score (nSPS) is 20.6. The summed E-state index contributed by atoms with van der Waals surface area (Å²) in [6.07, 6.45) is 4.67. The quantitative estimate of drug-likeness (QED) is 0.513. The lowest BCUT2D eigenvalue weighted by Gasteiger charge is -2.39. The highest BCUT2D eigenvalue weighted by molar-refractivity contribution is 5.97. The van der Waals surface area contributed by atoms with E-state index in [1.54, 1.807) is 19.1 Å². The fourth-order valence-electron chi connectivity index (χ4n) is 3.89. The van der Waals surface area contributed by atoms with Crippen LogP contribution in [0.2, 0.25) is 0 Å². The molecule has 1 aliphatic carbocycles. The molecule has 0 heterocycles. The minimum Gasteiger partial charge on any atom is -0.469 e. The summed E-state index contributed by atoms with van der Waals surface area (Å²) >= 11 is 0. The molecule has 0 bridgehead atoms. The summed E-state index contributed by atoms with van der Waals surface area (Å²) in [5, 5.41) is 0. The number of ether oxygens (including phenoxy) is 1. The highest BCUT2D eigenvalue weighted by atomic mass is 16.5. The van der Waals surface area contributed by atoms with Crippen LogP contribution in [-0.2, 0) is 14.3 Å². The minimum atomic E-state index is -0.377. The zero-order chi connectivity index (χ0) is 19.8. The van der Waals surface area contributed by atoms with Crippen molar-refractivity contribution in [3.8, 4) is 0 Å². The molecule has 0 aromatic heterocycles. The van der Waals surface area contributed by atoms with E-state index in [2.05, 4.69) is 6.92 Å². The van der Waals surface area contributed by atoms with Crippen LogP contribution in [0.3, 0.4) is 0 Å². The molecule has 0 aliphatic heterocycles. The topological polar surface area (TPSA) is 63.7 Å². The van der Waals surface area contributed by atoms with Crippen molar-refractivity contribution in [3.05, 3.63) is 35.9 Å². The van der Waals surface area contributed by atoms with E-state index >= 15 is 0 Å². The number of hydrogen-bond acceptors (Lipinski definition) is 4. The molecule has 1 amide bonds. The lowest BCUT2D eigenvalue weighted by atomic mass is 9.84. The molecule has 5 heteroatoms. The number of methoxy groups -OCH3 is 1. The molecule has 1 aliphatic rings. The van der Waals surface area contributed by atoms with E-state index in [-0.39, 0.29) is 42.5 Å². The Kier molecular flexibility index (Phi) is 8.01. The maximum Gasteiger partial charge on any atom is 0.310 e. The Morgan fingerprint density at radius 2 is 1.78 bits per heavy atom. The molecule has 148 valence electrons. The first-order chi connectivity index (χ1) is 12.9. The van der Waals surface area contributed by atoms with E-state index in [1.807, 2.05) is 23.1 Å². The van der Waals surface area contributed by atoms with Crippen molar-refractivity contribution in [2.24, 2.45) is 11.8 Å². The summed E-state index contributed by atoms with van der Waals surface area (Å²) in [6, 6.07) is 9.18. The monoisotopic (exact) mass is 373 g/mol. The second-order valence-electron chi connectivity index (χ2n) is 7.59. The third-order valence-electron chi connectivity index (χ3n) is 5.52. The van der Waals surface area contributed by atoms with E-state index < -0.39 is 0 Å². The number of esters is 1. The highest BCUT2D eigenvalue weighted by Crippen LogP contribution is 2.29. The first-order valence-corrected chi connectivity index (χ1v) is 9.89. The van der Waals surface area contributed by atoms with Gasteiger partial charge in [-0.1, -0.05) is 57.0 Å². The van der Waals surface area contributed by atoms with Crippen LogP contribution in [0, 0.1) is 11.8 Å². The Morgan fingerprint density at radius 1 is 1.11 bits per heavy atom. The van der Waals surface area contributed by atoms with Crippen molar-refractivity contribution in [2.75, 3.05) is 13.7 Å². The number of ketones is 1. The van der Waals surface area contributed by atoms with Gasteiger partial charge in [0.25, 0.3) is 0 Å². The molecular weight excluding hydrogens is 342 g/mol. The standard InChI is InChI=1S/C22H31NO4/c1-16-9-7-8-12-19(16)23(15-17(2)22(26)27-3)21(25)14-13-20(24)18-10-5-4-6-11-18/h4-6,10-11,16-17,19H,7-9,12-15H2,1-3H3. The van der Waals surface area contributed by atoms with Crippen molar-refractivity contribution in [1.82, 2.24) is 4.90 Å². The molecule has 0 saturated heterocycles. The van der Waals surface area contributed by atoms with E-state index in [0.717, 1.165) is 19.3 Å². The molecule has 0 N–H and O–H groups in total. The fourth-order valence-corrected chi connectivity index (χ4v) is 3.89. The number of hydrogen-bond donors (Lipinski definition) is 0. The third kappa shape index (κ3) is 5.91.